The third-order valence-electron chi connectivity index (χ3n) is 4.05. The van der Waals surface area contributed by atoms with Crippen molar-refractivity contribution in [3.63, 3.8) is 0 Å². The predicted octanol–water partition coefficient (Wildman–Crippen LogP) is 4.35. The van der Waals surface area contributed by atoms with Gasteiger partial charge in [0.05, 0.1) is 7.11 Å². The van der Waals surface area contributed by atoms with Crippen LogP contribution in [-0.2, 0) is 6.42 Å². The predicted molar refractivity (Wildman–Crippen MR) is 104 cm³/mol. The number of unbranched alkanes of at least 4 members (excludes halogenated alkanes) is 1. The van der Waals surface area contributed by atoms with E-state index in [0.29, 0.717) is 18.2 Å². The smallest absolute Gasteiger partial charge is 0.226 e. The number of ether oxygens (including phenoxy) is 1. The minimum Gasteiger partial charge on any atom is -0.497 e. The average molecular weight is 348 g/mol. The number of nitrogens with one attached hydrogen (secondary N) is 1. The van der Waals surface area contributed by atoms with Crippen LogP contribution in [0.25, 0.3) is 11.4 Å². The molecular formula is C21H24N4O. The second-order valence-corrected chi connectivity index (χ2v) is 6.07. The third-order valence-corrected chi connectivity index (χ3v) is 4.05. The standard InChI is InChI=1S/C21H24N4O/c1-3-4-14-22-21-24-19(15-16-10-12-18(26-2)13-11-16)23-20(25-21)17-8-6-5-7-9-17/h5-13H,3-4,14-15H2,1-2H3,(H,22,23,24,25). The lowest BCUT2D eigenvalue weighted by Crippen LogP contribution is -2.10. The van der Waals surface area contributed by atoms with Gasteiger partial charge in [0.1, 0.15) is 11.6 Å². The van der Waals surface area contributed by atoms with Gasteiger partial charge in [-0.05, 0) is 24.1 Å². The molecule has 0 amide bonds. The summed E-state index contributed by atoms with van der Waals surface area (Å²) < 4.78 is 5.22. The van der Waals surface area contributed by atoms with E-state index in [1.165, 1.54) is 0 Å². The zero-order chi connectivity index (χ0) is 18.2. The van der Waals surface area contributed by atoms with E-state index >= 15 is 0 Å². The number of benzene rings is 2. The first-order chi connectivity index (χ1) is 12.8. The van der Waals surface area contributed by atoms with Gasteiger partial charge in [-0.1, -0.05) is 55.8 Å². The van der Waals surface area contributed by atoms with Crippen molar-refractivity contribution < 1.29 is 4.74 Å². The van der Waals surface area contributed by atoms with Crippen LogP contribution >= 0.6 is 0 Å². The number of methoxy groups -OCH3 is 1. The lowest BCUT2D eigenvalue weighted by Gasteiger charge is -2.09. The van der Waals surface area contributed by atoms with Crippen LogP contribution < -0.4 is 10.1 Å². The van der Waals surface area contributed by atoms with E-state index in [-0.39, 0.29) is 0 Å². The van der Waals surface area contributed by atoms with Crippen molar-refractivity contribution in [1.29, 1.82) is 0 Å². The number of nitrogens with zero attached hydrogens (tertiary/aromatic N) is 3. The minimum atomic E-state index is 0.635. The Labute approximate surface area is 154 Å². The molecule has 1 N–H and O–H groups in total. The maximum Gasteiger partial charge on any atom is 0.226 e. The second-order valence-electron chi connectivity index (χ2n) is 6.07. The van der Waals surface area contributed by atoms with Crippen molar-refractivity contribution >= 4 is 5.95 Å². The Kier molecular flexibility index (Phi) is 6.14. The molecule has 0 bridgehead atoms. The third kappa shape index (κ3) is 4.79. The van der Waals surface area contributed by atoms with E-state index < -0.39 is 0 Å². The summed E-state index contributed by atoms with van der Waals surface area (Å²) in [5.74, 6) is 2.93. The molecule has 0 aliphatic carbocycles. The lowest BCUT2D eigenvalue weighted by molar-refractivity contribution is 0.414. The van der Waals surface area contributed by atoms with Gasteiger partial charge in [0, 0.05) is 18.5 Å². The summed E-state index contributed by atoms with van der Waals surface area (Å²) in [5.41, 5.74) is 2.12. The van der Waals surface area contributed by atoms with Crippen molar-refractivity contribution in [2.24, 2.45) is 0 Å². The van der Waals surface area contributed by atoms with Crippen LogP contribution in [0.4, 0.5) is 5.95 Å². The average Bonchev–Trinajstić information content (AvgIpc) is 2.69. The topological polar surface area (TPSA) is 59.9 Å². The van der Waals surface area contributed by atoms with Gasteiger partial charge in [-0.15, -0.1) is 0 Å². The molecule has 0 aliphatic heterocycles. The number of hydrogen-bond donors (Lipinski definition) is 1. The van der Waals surface area contributed by atoms with Crippen molar-refractivity contribution in [1.82, 2.24) is 15.0 Å². The fraction of sp³-hybridized carbons (Fsp3) is 0.286. The Bertz CT molecular complexity index is 819. The molecule has 0 unspecified atom stereocenters. The fourth-order valence-corrected chi connectivity index (χ4v) is 2.60. The summed E-state index contributed by atoms with van der Waals surface area (Å²) in [6.45, 7) is 3.02. The van der Waals surface area contributed by atoms with Gasteiger partial charge in [0.2, 0.25) is 5.95 Å². The highest BCUT2D eigenvalue weighted by atomic mass is 16.5. The molecule has 5 nitrogen and oxygen atoms in total. The normalized spacial score (nSPS) is 10.5. The number of hydrogen-bond acceptors (Lipinski definition) is 5. The maximum absolute atomic E-state index is 5.22. The Hall–Kier alpha value is -2.95. The molecule has 134 valence electrons. The Morgan fingerprint density at radius 3 is 2.38 bits per heavy atom. The molecule has 5 heteroatoms. The van der Waals surface area contributed by atoms with E-state index in [0.717, 1.165) is 42.1 Å². The van der Waals surface area contributed by atoms with Crippen LogP contribution in [0.15, 0.2) is 54.6 Å². The molecule has 1 aromatic heterocycles. The van der Waals surface area contributed by atoms with Gasteiger partial charge in [0.15, 0.2) is 5.82 Å². The van der Waals surface area contributed by atoms with Crippen LogP contribution in [-0.4, -0.2) is 28.6 Å². The van der Waals surface area contributed by atoms with Crippen molar-refractivity contribution in [2.45, 2.75) is 26.2 Å². The highest BCUT2D eigenvalue weighted by molar-refractivity contribution is 5.56. The Morgan fingerprint density at radius 2 is 1.69 bits per heavy atom. The molecule has 3 aromatic rings. The van der Waals surface area contributed by atoms with E-state index in [1.54, 1.807) is 7.11 Å². The second kappa shape index (κ2) is 8.94. The first kappa shape index (κ1) is 17.9. The Balaban J connectivity index is 1.87. The molecule has 0 aliphatic rings. The van der Waals surface area contributed by atoms with Gasteiger partial charge in [-0.25, -0.2) is 4.98 Å². The molecule has 0 radical (unpaired) electrons. The molecule has 0 fully saturated rings. The largest absolute Gasteiger partial charge is 0.497 e. The van der Waals surface area contributed by atoms with Crippen LogP contribution in [0.5, 0.6) is 5.75 Å². The molecule has 1 heterocycles. The summed E-state index contributed by atoms with van der Waals surface area (Å²) in [7, 11) is 1.67. The van der Waals surface area contributed by atoms with E-state index in [2.05, 4.69) is 27.2 Å². The van der Waals surface area contributed by atoms with Crippen LogP contribution in [0, 0.1) is 0 Å². The Morgan fingerprint density at radius 1 is 0.923 bits per heavy atom. The van der Waals surface area contributed by atoms with E-state index in [9.17, 15) is 0 Å². The molecule has 2 aromatic carbocycles. The van der Waals surface area contributed by atoms with Crippen molar-refractivity contribution in [3.8, 4) is 17.1 Å². The van der Waals surface area contributed by atoms with E-state index in [1.807, 2.05) is 54.6 Å². The summed E-state index contributed by atoms with van der Waals surface area (Å²) in [6.07, 6.45) is 2.86. The van der Waals surface area contributed by atoms with Gasteiger partial charge >= 0.3 is 0 Å². The first-order valence-corrected chi connectivity index (χ1v) is 8.95. The summed E-state index contributed by atoms with van der Waals surface area (Å²) in [5, 5.41) is 3.32. The molecule has 0 spiro atoms. The summed E-state index contributed by atoms with van der Waals surface area (Å²) >= 11 is 0. The van der Waals surface area contributed by atoms with Crippen LogP contribution in [0.3, 0.4) is 0 Å². The lowest BCUT2D eigenvalue weighted by atomic mass is 10.1. The molecular weight excluding hydrogens is 324 g/mol. The monoisotopic (exact) mass is 348 g/mol. The first-order valence-electron chi connectivity index (χ1n) is 8.95. The number of aromatic nitrogens is 3. The van der Waals surface area contributed by atoms with Crippen LogP contribution in [0.2, 0.25) is 0 Å². The molecule has 3 rings (SSSR count). The highest BCUT2D eigenvalue weighted by Gasteiger charge is 2.09. The van der Waals surface area contributed by atoms with Gasteiger partial charge in [-0.3, -0.25) is 0 Å². The van der Waals surface area contributed by atoms with Crippen LogP contribution in [0.1, 0.15) is 31.2 Å². The molecule has 26 heavy (non-hydrogen) atoms. The molecule has 0 saturated carbocycles. The molecule has 0 saturated heterocycles. The van der Waals surface area contributed by atoms with Gasteiger partial charge in [-0.2, -0.15) is 9.97 Å². The highest BCUT2D eigenvalue weighted by Crippen LogP contribution is 2.18. The minimum absolute atomic E-state index is 0.635. The zero-order valence-corrected chi connectivity index (χ0v) is 15.3. The fourth-order valence-electron chi connectivity index (χ4n) is 2.60. The summed E-state index contributed by atoms with van der Waals surface area (Å²) in [6, 6.07) is 18.0. The maximum atomic E-state index is 5.22. The van der Waals surface area contributed by atoms with Gasteiger partial charge in [0.25, 0.3) is 0 Å². The zero-order valence-electron chi connectivity index (χ0n) is 15.3. The SMILES string of the molecule is CCCCNc1nc(Cc2ccc(OC)cc2)nc(-c2ccccc2)n1. The summed E-state index contributed by atoms with van der Waals surface area (Å²) in [4.78, 5) is 13.9. The van der Waals surface area contributed by atoms with Gasteiger partial charge < -0.3 is 10.1 Å². The number of rotatable bonds is 8. The van der Waals surface area contributed by atoms with E-state index in [4.69, 9.17) is 4.74 Å². The van der Waals surface area contributed by atoms with Crippen molar-refractivity contribution in [2.75, 3.05) is 19.0 Å². The quantitative estimate of drug-likeness (QED) is 0.613. The number of anilines is 1. The molecule has 0 atom stereocenters. The van der Waals surface area contributed by atoms with Crippen molar-refractivity contribution in [3.05, 3.63) is 66.0 Å².